The van der Waals surface area contributed by atoms with Crippen LogP contribution in [0.4, 0.5) is 0 Å². The maximum atomic E-state index is 0. The van der Waals surface area contributed by atoms with Crippen LogP contribution in [0.3, 0.4) is 0 Å². The summed E-state index contributed by atoms with van der Waals surface area (Å²) in [6.07, 6.45) is 0. The standard InChI is InChI=1S/Ba.Bi.Li.H2O.6H/h;;;1H2;;;;;;. The SMILES string of the molecule is O.[BaH2].[BiH3].[LiH]. The van der Waals surface area contributed by atoms with Crippen LogP contribution in [-0.4, -0.2) is 99.4 Å². The minimum absolute atomic E-state index is 0. The molecule has 0 bridgehead atoms. The van der Waals surface area contributed by atoms with Crippen molar-refractivity contribution in [1.82, 2.24) is 0 Å². The summed E-state index contributed by atoms with van der Waals surface area (Å²) in [5, 5.41) is 0. The van der Waals surface area contributed by atoms with E-state index in [2.05, 4.69) is 0 Å². The van der Waals surface area contributed by atoms with E-state index in [4.69, 9.17) is 0 Å². The van der Waals surface area contributed by atoms with Gasteiger partial charge in [0.15, 0.2) is 0 Å². The van der Waals surface area contributed by atoms with Gasteiger partial charge in [-0.2, -0.15) is 0 Å². The van der Waals surface area contributed by atoms with Crippen LogP contribution in [0.15, 0.2) is 0 Å². The van der Waals surface area contributed by atoms with Gasteiger partial charge >= 0.3 is 93.9 Å². The van der Waals surface area contributed by atoms with E-state index in [0.717, 1.165) is 0 Å². The molecule has 22 valence electrons. The van der Waals surface area contributed by atoms with Crippen LogP contribution >= 0.6 is 0 Å². The van der Waals surface area contributed by atoms with Crippen LogP contribution in [-0.2, 0) is 0 Å². The van der Waals surface area contributed by atoms with Crippen LogP contribution < -0.4 is 0 Å². The second-order valence-electron chi connectivity index (χ2n) is 0. The molecule has 0 saturated heterocycles. The molecule has 1 nitrogen and oxygen atoms in total. The molecule has 0 unspecified atom stereocenters. The van der Waals surface area contributed by atoms with Crippen molar-refractivity contribution in [3.05, 3.63) is 0 Å². The van der Waals surface area contributed by atoms with Gasteiger partial charge in [-0.15, -0.1) is 0 Å². The molecular formula is H8BaBiLiO. The van der Waals surface area contributed by atoms with Crippen molar-refractivity contribution >= 4 is 93.9 Å². The van der Waals surface area contributed by atoms with E-state index in [-0.39, 0.29) is 99.4 Å². The van der Waals surface area contributed by atoms with Crippen molar-refractivity contribution < 1.29 is 5.48 Å². The first-order valence-electron chi connectivity index (χ1n) is 0. The Bertz CT molecular complexity index is 8.00. The van der Waals surface area contributed by atoms with Gasteiger partial charge in [0.2, 0.25) is 0 Å². The van der Waals surface area contributed by atoms with Gasteiger partial charge in [0.1, 0.15) is 0 Å². The summed E-state index contributed by atoms with van der Waals surface area (Å²) in [5.41, 5.74) is 0. The molecular weight excluding hydrogens is 369 g/mol. The first-order chi connectivity index (χ1) is 0. The Morgan fingerprint density at radius 2 is 1.00 bits per heavy atom. The van der Waals surface area contributed by atoms with Crippen molar-refractivity contribution in [3.63, 3.8) is 0 Å². The molecule has 0 amide bonds. The molecule has 0 radical (unpaired) electrons. The third-order valence-corrected chi connectivity index (χ3v) is 0. The summed E-state index contributed by atoms with van der Waals surface area (Å²) in [6, 6.07) is 0. The van der Waals surface area contributed by atoms with E-state index in [1.807, 2.05) is 0 Å². The quantitative estimate of drug-likeness (QED) is 0.392. The van der Waals surface area contributed by atoms with Crippen molar-refractivity contribution in [2.24, 2.45) is 0 Å². The molecule has 0 atom stereocenters. The van der Waals surface area contributed by atoms with E-state index in [0.29, 0.717) is 0 Å². The Morgan fingerprint density at radius 1 is 1.00 bits per heavy atom. The van der Waals surface area contributed by atoms with Gasteiger partial charge in [-0.05, 0) is 0 Å². The van der Waals surface area contributed by atoms with Gasteiger partial charge in [0.05, 0.1) is 0 Å². The van der Waals surface area contributed by atoms with E-state index in [9.17, 15) is 0 Å². The zero-order valence-corrected chi connectivity index (χ0v) is 6.70. The molecule has 4 heteroatoms. The first-order valence-corrected chi connectivity index (χ1v) is 0. The van der Waals surface area contributed by atoms with E-state index in [1.54, 1.807) is 0 Å². The van der Waals surface area contributed by atoms with Crippen LogP contribution in [0.1, 0.15) is 0 Å². The summed E-state index contributed by atoms with van der Waals surface area (Å²) in [6.45, 7) is 0. The molecule has 0 heterocycles. The zero-order chi connectivity index (χ0) is 0. The molecule has 0 aromatic carbocycles. The molecule has 0 fully saturated rings. The third kappa shape index (κ3) is 8.89. The molecule has 0 spiro atoms. The van der Waals surface area contributed by atoms with Crippen molar-refractivity contribution in [3.8, 4) is 0 Å². The van der Waals surface area contributed by atoms with Gasteiger partial charge in [-0.1, -0.05) is 0 Å². The summed E-state index contributed by atoms with van der Waals surface area (Å²) in [5.74, 6) is 0. The summed E-state index contributed by atoms with van der Waals surface area (Å²) >= 11 is 0. The van der Waals surface area contributed by atoms with E-state index < -0.39 is 0 Å². The van der Waals surface area contributed by atoms with Crippen molar-refractivity contribution in [1.29, 1.82) is 0 Å². The van der Waals surface area contributed by atoms with Crippen LogP contribution in [0, 0.1) is 0 Å². The van der Waals surface area contributed by atoms with Gasteiger partial charge in [0, 0.05) is 0 Å². The Balaban J connectivity index is 0. The molecule has 2 N–H and O–H groups in total. The van der Waals surface area contributed by atoms with Crippen molar-refractivity contribution in [2.45, 2.75) is 0 Å². The van der Waals surface area contributed by atoms with Gasteiger partial charge < -0.3 is 5.48 Å². The van der Waals surface area contributed by atoms with Crippen LogP contribution in [0.25, 0.3) is 0 Å². The summed E-state index contributed by atoms with van der Waals surface area (Å²) in [7, 11) is 0. The van der Waals surface area contributed by atoms with Gasteiger partial charge in [-0.3, -0.25) is 0 Å². The predicted octanol–water partition coefficient (Wildman–Crippen LogP) is -3.57. The fraction of sp³-hybridized carbons (Fsp3) is 0. The zero-order valence-electron chi connectivity index (χ0n) is 1.21. The molecule has 0 rings (SSSR count). The normalized spacial score (nSPS) is 0. The van der Waals surface area contributed by atoms with Crippen molar-refractivity contribution in [2.75, 3.05) is 0 Å². The van der Waals surface area contributed by atoms with Crippen LogP contribution in [0.5, 0.6) is 0 Å². The van der Waals surface area contributed by atoms with Gasteiger partial charge in [0.25, 0.3) is 0 Å². The fourth-order valence-corrected chi connectivity index (χ4v) is 0. The molecule has 4 heavy (non-hydrogen) atoms. The first kappa shape index (κ1) is 27.9. The Hall–Kier alpha value is 3.01. The molecule has 0 aromatic rings. The Kier molecular flexibility index (Phi) is 116. The third-order valence-electron chi connectivity index (χ3n) is 0. The minimum atomic E-state index is 0. The average Bonchev–Trinajstić information content (AvgIpc) is 0. The number of hydrogen-bond acceptors (Lipinski definition) is 0. The average molecular weight is 377 g/mol. The van der Waals surface area contributed by atoms with Gasteiger partial charge in [-0.25, -0.2) is 0 Å². The predicted molar refractivity (Wildman–Crippen MR) is 29.2 cm³/mol. The molecule has 0 aromatic heterocycles. The summed E-state index contributed by atoms with van der Waals surface area (Å²) < 4.78 is 0. The monoisotopic (exact) mass is 378 g/mol. The number of hydrogen-bond donors (Lipinski definition) is 0. The van der Waals surface area contributed by atoms with Crippen LogP contribution in [0.2, 0.25) is 0 Å². The topological polar surface area (TPSA) is 31.5 Å². The summed E-state index contributed by atoms with van der Waals surface area (Å²) in [4.78, 5) is 0. The molecule has 0 saturated carbocycles. The molecule has 0 aliphatic carbocycles. The maximum absolute atomic E-state index is 0. The Morgan fingerprint density at radius 3 is 1.00 bits per heavy atom. The van der Waals surface area contributed by atoms with E-state index >= 15 is 0 Å². The molecule has 0 aliphatic heterocycles. The second kappa shape index (κ2) is 16.6. The Labute approximate surface area is 97.0 Å². The fourth-order valence-electron chi connectivity index (χ4n) is 0. The molecule has 0 aliphatic rings. The number of rotatable bonds is 0. The van der Waals surface area contributed by atoms with E-state index in [1.165, 1.54) is 0 Å². The second-order valence-corrected chi connectivity index (χ2v) is 0.